The molecule has 0 aliphatic carbocycles. The van der Waals surface area contributed by atoms with Gasteiger partial charge in [0.2, 0.25) is 0 Å². The van der Waals surface area contributed by atoms with Crippen LogP contribution in [0.4, 0.5) is 11.4 Å². The average Bonchev–Trinajstić information content (AvgIpc) is 2.77. The smallest absolute Gasteiger partial charge is 0.280 e. The normalized spacial score (nSPS) is 13.5. The van der Waals surface area contributed by atoms with Gasteiger partial charge in [0.15, 0.2) is 0 Å². The molecule has 19 heavy (non-hydrogen) atoms. The Hall–Kier alpha value is -2.69. The number of hydrogen-bond acceptors (Lipinski definition) is 3. The fourth-order valence-corrected chi connectivity index (χ4v) is 2.31. The lowest BCUT2D eigenvalue weighted by molar-refractivity contribution is -0.454. The predicted octanol–water partition coefficient (Wildman–Crippen LogP) is 2.16. The summed E-state index contributed by atoms with van der Waals surface area (Å²) in [6.45, 7) is 0.642. The first-order valence-electron chi connectivity index (χ1n) is 5.89. The van der Waals surface area contributed by atoms with E-state index in [-0.39, 0.29) is 5.69 Å². The third-order valence-electron chi connectivity index (χ3n) is 3.26. The summed E-state index contributed by atoms with van der Waals surface area (Å²) in [7, 11) is 0. The van der Waals surface area contributed by atoms with Crippen LogP contribution < -0.4 is 5.73 Å². The number of rotatable bonds is 2. The van der Waals surface area contributed by atoms with Gasteiger partial charge in [-0.2, -0.15) is 0 Å². The highest BCUT2D eigenvalue weighted by Gasteiger charge is 2.26. The first-order chi connectivity index (χ1) is 9.16. The molecule has 94 valence electrons. The summed E-state index contributed by atoms with van der Waals surface area (Å²) in [5.74, 6) is 0.635. The molecule has 0 fully saturated rings. The molecule has 0 atom stereocenters. The Morgan fingerprint density at radius 3 is 2.68 bits per heavy atom. The Balaban J connectivity index is 2.08. The number of nitro benzene ring substituents is 1. The lowest BCUT2D eigenvalue weighted by Gasteiger charge is -2.02. The van der Waals surface area contributed by atoms with Crippen LogP contribution in [-0.4, -0.2) is 15.3 Å². The zero-order valence-electron chi connectivity index (χ0n) is 10.1. The minimum atomic E-state index is -0.400. The quantitative estimate of drug-likeness (QED) is 0.507. The Morgan fingerprint density at radius 1 is 1.16 bits per heavy atom. The molecule has 2 aromatic rings. The van der Waals surface area contributed by atoms with Crippen LogP contribution in [-0.2, 0) is 6.54 Å². The number of fused-ring (bicyclic) bond motifs is 1. The minimum absolute atomic E-state index is 0.0706. The van der Waals surface area contributed by atoms with Crippen LogP contribution in [0.15, 0.2) is 48.5 Å². The summed E-state index contributed by atoms with van der Waals surface area (Å²) in [4.78, 5) is 10.4. The van der Waals surface area contributed by atoms with Crippen molar-refractivity contribution in [3.63, 3.8) is 0 Å². The maximum absolute atomic E-state index is 10.8. The van der Waals surface area contributed by atoms with Crippen LogP contribution in [0.5, 0.6) is 0 Å². The molecule has 0 spiro atoms. The Labute approximate surface area is 109 Å². The summed E-state index contributed by atoms with van der Waals surface area (Å²) in [5, 5.41) is 10.8. The fourth-order valence-electron chi connectivity index (χ4n) is 2.31. The average molecular weight is 254 g/mol. The number of hydrogen-bond donors (Lipinski definition) is 1. The van der Waals surface area contributed by atoms with Gasteiger partial charge in [-0.3, -0.25) is 15.8 Å². The van der Waals surface area contributed by atoms with E-state index in [0.29, 0.717) is 12.4 Å². The lowest BCUT2D eigenvalue weighted by atomic mass is 10.1. The highest BCUT2D eigenvalue weighted by Crippen LogP contribution is 2.26. The van der Waals surface area contributed by atoms with E-state index in [2.05, 4.69) is 0 Å². The highest BCUT2D eigenvalue weighted by molar-refractivity contribution is 5.97. The molecule has 1 aliphatic rings. The van der Waals surface area contributed by atoms with Crippen LogP contribution >= 0.6 is 0 Å². The van der Waals surface area contributed by atoms with Crippen molar-refractivity contribution < 1.29 is 9.50 Å². The monoisotopic (exact) mass is 254 g/mol. The molecule has 5 nitrogen and oxygen atoms in total. The molecular formula is C14H12N3O2+. The zero-order valence-corrected chi connectivity index (χ0v) is 10.1. The van der Waals surface area contributed by atoms with Crippen LogP contribution in [0, 0.1) is 10.1 Å². The maximum atomic E-state index is 10.8. The van der Waals surface area contributed by atoms with Crippen molar-refractivity contribution in [2.75, 3.05) is 0 Å². The summed E-state index contributed by atoms with van der Waals surface area (Å²) in [6.07, 6.45) is 0. The molecule has 0 saturated heterocycles. The highest BCUT2D eigenvalue weighted by atomic mass is 16.6. The number of nitro groups is 1. The van der Waals surface area contributed by atoms with E-state index in [4.69, 9.17) is 5.73 Å². The zero-order chi connectivity index (χ0) is 13.4. The number of non-ortho nitro benzene ring substituents is 1. The summed E-state index contributed by atoms with van der Waals surface area (Å²) >= 11 is 0. The molecule has 0 radical (unpaired) electrons. The molecule has 3 rings (SSSR count). The second-order valence-corrected chi connectivity index (χ2v) is 4.41. The maximum Gasteiger partial charge on any atom is 0.280 e. The molecule has 2 N–H and O–H groups in total. The van der Waals surface area contributed by atoms with Crippen molar-refractivity contribution in [3.05, 3.63) is 69.8 Å². The lowest BCUT2D eigenvalue weighted by Crippen LogP contribution is -2.20. The summed E-state index contributed by atoms with van der Waals surface area (Å²) < 4.78 is 1.89. The summed E-state index contributed by atoms with van der Waals surface area (Å²) in [6, 6.07) is 14.4. The van der Waals surface area contributed by atoms with Crippen LogP contribution in [0.25, 0.3) is 0 Å². The third kappa shape index (κ3) is 1.85. The van der Waals surface area contributed by atoms with Crippen LogP contribution in [0.1, 0.15) is 11.1 Å². The predicted molar refractivity (Wildman–Crippen MR) is 71.5 cm³/mol. The van der Waals surface area contributed by atoms with E-state index in [1.165, 1.54) is 6.07 Å². The van der Waals surface area contributed by atoms with Gasteiger partial charge in [0.25, 0.3) is 11.5 Å². The van der Waals surface area contributed by atoms with Crippen molar-refractivity contribution in [1.82, 2.24) is 0 Å². The van der Waals surface area contributed by atoms with E-state index < -0.39 is 4.92 Å². The topological polar surface area (TPSA) is 72.2 Å². The van der Waals surface area contributed by atoms with E-state index >= 15 is 0 Å². The molecule has 0 aromatic heterocycles. The molecular weight excluding hydrogens is 242 g/mol. The van der Waals surface area contributed by atoms with Gasteiger partial charge in [-0.1, -0.05) is 24.3 Å². The van der Waals surface area contributed by atoms with E-state index in [1.807, 2.05) is 34.9 Å². The van der Waals surface area contributed by atoms with Gasteiger partial charge in [0.05, 0.1) is 16.6 Å². The Bertz CT molecular complexity index is 707. The van der Waals surface area contributed by atoms with Crippen molar-refractivity contribution in [3.8, 4) is 0 Å². The molecule has 1 heterocycles. The SMILES string of the molecule is NC1=[N+](c2cccc([N+](=O)[O-])c2)Cc2ccccc21. The first kappa shape index (κ1) is 11.4. The molecule has 0 bridgehead atoms. The molecule has 0 amide bonds. The van der Waals surface area contributed by atoms with Crippen LogP contribution in [0.3, 0.4) is 0 Å². The number of nitrogens with zero attached hydrogens (tertiary/aromatic N) is 2. The molecule has 0 unspecified atom stereocenters. The first-order valence-corrected chi connectivity index (χ1v) is 5.89. The van der Waals surface area contributed by atoms with Crippen LogP contribution in [0.2, 0.25) is 0 Å². The second-order valence-electron chi connectivity index (χ2n) is 4.41. The Morgan fingerprint density at radius 2 is 1.95 bits per heavy atom. The van der Waals surface area contributed by atoms with Gasteiger partial charge >= 0.3 is 0 Å². The van der Waals surface area contributed by atoms with E-state index in [0.717, 1.165) is 16.8 Å². The van der Waals surface area contributed by atoms with Crippen molar-refractivity contribution >= 4 is 17.2 Å². The van der Waals surface area contributed by atoms with Gasteiger partial charge < -0.3 is 0 Å². The minimum Gasteiger partial charge on any atom is -0.286 e. The van der Waals surface area contributed by atoms with Crippen molar-refractivity contribution in [1.29, 1.82) is 0 Å². The van der Waals surface area contributed by atoms with Crippen molar-refractivity contribution in [2.45, 2.75) is 6.54 Å². The Kier molecular flexibility index (Phi) is 2.52. The number of amidine groups is 1. The molecule has 1 aliphatic heterocycles. The fraction of sp³-hybridized carbons (Fsp3) is 0.0714. The molecule has 2 aromatic carbocycles. The standard InChI is InChI=1S/C14H11N3O2/c15-14-13-7-2-1-4-10(13)9-16(14)11-5-3-6-12(8-11)17(18)19/h1-8,15H,9H2/p+1. The van der Waals surface area contributed by atoms with Gasteiger partial charge in [-0.15, -0.1) is 0 Å². The number of nitrogens with two attached hydrogens (primary N) is 1. The van der Waals surface area contributed by atoms with Gasteiger partial charge in [0, 0.05) is 11.6 Å². The molecule has 5 heteroatoms. The van der Waals surface area contributed by atoms with Gasteiger partial charge in [-0.25, -0.2) is 4.58 Å². The van der Waals surface area contributed by atoms with Gasteiger partial charge in [0.1, 0.15) is 12.2 Å². The third-order valence-corrected chi connectivity index (χ3v) is 3.26. The van der Waals surface area contributed by atoms with Gasteiger partial charge in [-0.05, 0) is 12.1 Å². The van der Waals surface area contributed by atoms with Crippen molar-refractivity contribution in [2.24, 2.45) is 5.73 Å². The van der Waals surface area contributed by atoms with E-state index in [1.54, 1.807) is 12.1 Å². The molecule has 0 saturated carbocycles. The number of benzene rings is 2. The van der Waals surface area contributed by atoms with E-state index in [9.17, 15) is 10.1 Å². The summed E-state index contributed by atoms with van der Waals surface area (Å²) in [5.41, 5.74) is 9.06. The largest absolute Gasteiger partial charge is 0.286 e. The second kappa shape index (κ2) is 4.20.